The zero-order chi connectivity index (χ0) is 21.5. The summed E-state index contributed by atoms with van der Waals surface area (Å²) in [6.07, 6.45) is 1.57. The van der Waals surface area contributed by atoms with E-state index in [1.807, 2.05) is 18.2 Å². The highest BCUT2D eigenvalue weighted by Crippen LogP contribution is 2.27. The van der Waals surface area contributed by atoms with Gasteiger partial charge in [0.15, 0.2) is 17.2 Å². The summed E-state index contributed by atoms with van der Waals surface area (Å²) in [6, 6.07) is 7.25. The average Bonchev–Trinajstić information content (AvgIpc) is 3.20. The molecule has 0 radical (unpaired) electrons. The van der Waals surface area contributed by atoms with Crippen molar-refractivity contribution in [1.29, 1.82) is 0 Å². The number of nitrogens with one attached hydrogen (secondary N) is 2. The van der Waals surface area contributed by atoms with E-state index >= 15 is 0 Å². The number of carbonyl (C=O) groups excluding carboxylic acids is 2. The number of likely N-dealkylation sites (tertiary alicyclic amines) is 1. The first-order chi connectivity index (χ1) is 14.5. The van der Waals surface area contributed by atoms with Gasteiger partial charge in [-0.15, -0.1) is 0 Å². The topological polar surface area (TPSA) is 106 Å². The van der Waals surface area contributed by atoms with Gasteiger partial charge >= 0.3 is 0 Å². The summed E-state index contributed by atoms with van der Waals surface area (Å²) in [5.41, 5.74) is 1.23. The van der Waals surface area contributed by atoms with Crippen molar-refractivity contribution < 1.29 is 23.6 Å². The minimum absolute atomic E-state index is 0.0367. The molecule has 1 saturated heterocycles. The molecule has 0 unspecified atom stereocenters. The lowest BCUT2D eigenvalue weighted by Gasteiger charge is -2.31. The van der Waals surface area contributed by atoms with E-state index in [0.717, 1.165) is 31.5 Å². The number of carbonyl (C=O) groups is 2. The van der Waals surface area contributed by atoms with Crippen LogP contribution in [0.2, 0.25) is 0 Å². The molecule has 162 valence electrons. The molecule has 1 aliphatic rings. The predicted octanol–water partition coefficient (Wildman–Crippen LogP) is 1.51. The van der Waals surface area contributed by atoms with E-state index < -0.39 is 0 Å². The number of methoxy groups -OCH3 is 2. The van der Waals surface area contributed by atoms with Gasteiger partial charge in [0.05, 0.1) is 20.8 Å². The fourth-order valence-electron chi connectivity index (χ4n) is 3.42. The number of hydrogen-bond acceptors (Lipinski definition) is 7. The Balaban J connectivity index is 1.39. The molecule has 30 heavy (non-hydrogen) atoms. The molecule has 1 fully saturated rings. The molecule has 0 bridgehead atoms. The van der Waals surface area contributed by atoms with Crippen molar-refractivity contribution in [1.82, 2.24) is 20.7 Å². The first-order valence-corrected chi connectivity index (χ1v) is 9.92. The quantitative estimate of drug-likeness (QED) is 0.672. The first kappa shape index (κ1) is 21.6. The highest BCUT2D eigenvalue weighted by Gasteiger charge is 2.23. The van der Waals surface area contributed by atoms with Gasteiger partial charge in [0.2, 0.25) is 5.91 Å². The number of benzene rings is 1. The molecule has 0 saturated carbocycles. The summed E-state index contributed by atoms with van der Waals surface area (Å²) in [6.45, 7) is 3.98. The molecule has 9 heteroatoms. The zero-order valence-electron chi connectivity index (χ0n) is 17.6. The van der Waals surface area contributed by atoms with E-state index in [2.05, 4.69) is 20.7 Å². The number of aryl methyl sites for hydroxylation is 1. The van der Waals surface area contributed by atoms with Crippen LogP contribution in [0.1, 0.15) is 34.7 Å². The van der Waals surface area contributed by atoms with Gasteiger partial charge < -0.3 is 24.6 Å². The fourth-order valence-corrected chi connectivity index (χ4v) is 3.42. The van der Waals surface area contributed by atoms with Crippen molar-refractivity contribution in [2.45, 2.75) is 32.4 Å². The molecule has 9 nitrogen and oxygen atoms in total. The molecule has 2 amide bonds. The van der Waals surface area contributed by atoms with Crippen molar-refractivity contribution in [3.05, 3.63) is 41.3 Å². The van der Waals surface area contributed by atoms with Crippen molar-refractivity contribution >= 4 is 11.8 Å². The molecule has 0 aliphatic carbocycles. The lowest BCUT2D eigenvalue weighted by Crippen LogP contribution is -2.47. The molecule has 2 aromatic rings. The fraction of sp³-hybridized carbons (Fsp3) is 0.476. The molecule has 1 aromatic heterocycles. The maximum Gasteiger partial charge on any atom is 0.273 e. The van der Waals surface area contributed by atoms with Gasteiger partial charge in [-0.1, -0.05) is 11.2 Å². The Hall–Kier alpha value is -3.07. The SMILES string of the molecule is COc1ccc(CNC(=O)CN2CCC(NC(=O)c3cc(C)on3)CC2)cc1OC. The molecular weight excluding hydrogens is 388 g/mol. The second-order valence-electron chi connectivity index (χ2n) is 7.31. The van der Waals surface area contributed by atoms with E-state index in [4.69, 9.17) is 14.0 Å². The number of piperidine rings is 1. The van der Waals surface area contributed by atoms with Crippen LogP contribution in [0.15, 0.2) is 28.8 Å². The van der Waals surface area contributed by atoms with Crippen molar-refractivity contribution in [2.75, 3.05) is 33.9 Å². The van der Waals surface area contributed by atoms with E-state index in [1.165, 1.54) is 0 Å². The third-order valence-electron chi connectivity index (χ3n) is 5.09. The standard InChI is InChI=1S/C21H28N4O5/c1-14-10-17(24-30-14)21(27)23-16-6-8-25(9-7-16)13-20(26)22-12-15-4-5-18(28-2)19(11-15)29-3/h4-5,10-11,16H,6-9,12-13H2,1-3H3,(H,22,26)(H,23,27). The van der Waals surface area contributed by atoms with Crippen LogP contribution in [-0.2, 0) is 11.3 Å². The molecule has 1 aromatic carbocycles. The number of ether oxygens (including phenoxy) is 2. The molecule has 3 rings (SSSR count). The number of hydrogen-bond donors (Lipinski definition) is 2. The third kappa shape index (κ3) is 5.73. The second-order valence-corrected chi connectivity index (χ2v) is 7.31. The van der Waals surface area contributed by atoms with Crippen molar-refractivity contribution in [2.24, 2.45) is 0 Å². The van der Waals surface area contributed by atoms with Gasteiger partial charge in [0.25, 0.3) is 5.91 Å². The van der Waals surface area contributed by atoms with E-state index in [1.54, 1.807) is 27.2 Å². The van der Waals surface area contributed by atoms with E-state index in [-0.39, 0.29) is 17.9 Å². The van der Waals surface area contributed by atoms with Crippen molar-refractivity contribution in [3.8, 4) is 11.5 Å². The Bertz CT molecular complexity index is 874. The minimum atomic E-state index is -0.224. The monoisotopic (exact) mass is 416 g/mol. The molecule has 1 aliphatic heterocycles. The summed E-state index contributed by atoms with van der Waals surface area (Å²) < 4.78 is 15.4. The second kappa shape index (κ2) is 10.1. The van der Waals surface area contributed by atoms with Crippen LogP contribution in [-0.4, -0.2) is 61.8 Å². The Morgan fingerprint density at radius 2 is 1.90 bits per heavy atom. The lowest BCUT2D eigenvalue weighted by molar-refractivity contribution is -0.122. The normalized spacial score (nSPS) is 14.9. The first-order valence-electron chi connectivity index (χ1n) is 9.92. The lowest BCUT2D eigenvalue weighted by atomic mass is 10.0. The van der Waals surface area contributed by atoms with Crippen LogP contribution in [0.3, 0.4) is 0 Å². The molecule has 2 heterocycles. The van der Waals surface area contributed by atoms with Crippen LogP contribution < -0.4 is 20.1 Å². The van der Waals surface area contributed by atoms with Crippen molar-refractivity contribution in [3.63, 3.8) is 0 Å². The minimum Gasteiger partial charge on any atom is -0.493 e. The number of aromatic nitrogens is 1. The summed E-state index contributed by atoms with van der Waals surface area (Å²) >= 11 is 0. The largest absolute Gasteiger partial charge is 0.493 e. The molecule has 0 spiro atoms. The van der Waals surface area contributed by atoms with Gasteiger partial charge in [0, 0.05) is 31.7 Å². The van der Waals surface area contributed by atoms with E-state index in [9.17, 15) is 9.59 Å². The highest BCUT2D eigenvalue weighted by molar-refractivity contribution is 5.92. The van der Waals surface area contributed by atoms with Gasteiger partial charge in [-0.05, 0) is 37.5 Å². The Morgan fingerprint density at radius 1 is 1.17 bits per heavy atom. The molecule has 2 N–H and O–H groups in total. The summed E-state index contributed by atoms with van der Waals surface area (Å²) in [5.74, 6) is 1.63. The third-order valence-corrected chi connectivity index (χ3v) is 5.09. The summed E-state index contributed by atoms with van der Waals surface area (Å²) in [4.78, 5) is 26.6. The van der Waals surface area contributed by atoms with Crippen LogP contribution in [0, 0.1) is 6.92 Å². The predicted molar refractivity (Wildman–Crippen MR) is 110 cm³/mol. The maximum atomic E-state index is 12.3. The Labute approximate surface area is 175 Å². The zero-order valence-corrected chi connectivity index (χ0v) is 17.6. The Kier molecular flexibility index (Phi) is 7.29. The Morgan fingerprint density at radius 3 is 2.53 bits per heavy atom. The molecular formula is C21H28N4O5. The highest BCUT2D eigenvalue weighted by atomic mass is 16.5. The van der Waals surface area contributed by atoms with Crippen LogP contribution in [0.5, 0.6) is 11.5 Å². The van der Waals surface area contributed by atoms with Gasteiger partial charge in [-0.2, -0.15) is 0 Å². The van der Waals surface area contributed by atoms with Gasteiger partial charge in [-0.25, -0.2) is 0 Å². The van der Waals surface area contributed by atoms with Gasteiger partial charge in [-0.3, -0.25) is 14.5 Å². The summed E-state index contributed by atoms with van der Waals surface area (Å²) in [5, 5.41) is 9.65. The van der Waals surface area contributed by atoms with Crippen LogP contribution >= 0.6 is 0 Å². The summed E-state index contributed by atoms with van der Waals surface area (Å²) in [7, 11) is 3.17. The van der Waals surface area contributed by atoms with Crippen LogP contribution in [0.25, 0.3) is 0 Å². The van der Waals surface area contributed by atoms with E-state index in [0.29, 0.717) is 36.0 Å². The van der Waals surface area contributed by atoms with Crippen LogP contribution in [0.4, 0.5) is 0 Å². The molecule has 0 atom stereocenters. The number of rotatable bonds is 8. The van der Waals surface area contributed by atoms with Gasteiger partial charge in [0.1, 0.15) is 5.76 Å². The number of nitrogens with zero attached hydrogens (tertiary/aromatic N) is 2. The smallest absolute Gasteiger partial charge is 0.273 e. The maximum absolute atomic E-state index is 12.3. The average molecular weight is 416 g/mol. The number of amides is 2.